The van der Waals surface area contributed by atoms with Crippen LogP contribution in [0, 0.1) is 11.3 Å². The topological polar surface area (TPSA) is 69.6 Å². The molecule has 2 aliphatic rings. The summed E-state index contributed by atoms with van der Waals surface area (Å²) >= 11 is 0. The number of aliphatic carboxylic acids is 1. The molecule has 2 unspecified atom stereocenters. The highest BCUT2D eigenvalue weighted by molar-refractivity contribution is 5.87. The van der Waals surface area contributed by atoms with Crippen LogP contribution in [0.4, 0.5) is 4.79 Å². The molecule has 108 valence electrons. The van der Waals surface area contributed by atoms with Gasteiger partial charge in [-0.3, -0.25) is 0 Å². The highest BCUT2D eigenvalue weighted by Gasteiger charge is 2.49. The summed E-state index contributed by atoms with van der Waals surface area (Å²) in [6, 6.07) is -0.218. The maximum Gasteiger partial charge on any atom is 0.329 e. The van der Waals surface area contributed by atoms with Gasteiger partial charge in [0.15, 0.2) is 0 Å². The van der Waals surface area contributed by atoms with E-state index in [1.54, 1.807) is 0 Å². The molecule has 1 aliphatic heterocycles. The van der Waals surface area contributed by atoms with Crippen LogP contribution in [0.15, 0.2) is 0 Å². The first-order valence-electron chi connectivity index (χ1n) is 7.12. The summed E-state index contributed by atoms with van der Waals surface area (Å²) in [5, 5.41) is 12.3. The SMILES string of the molecule is CCC1(C(=O)O)CCCN1C(=O)NCC1CC1(C)C. The summed E-state index contributed by atoms with van der Waals surface area (Å²) in [6.45, 7) is 7.41. The van der Waals surface area contributed by atoms with E-state index >= 15 is 0 Å². The van der Waals surface area contributed by atoms with Gasteiger partial charge >= 0.3 is 12.0 Å². The number of urea groups is 1. The number of carbonyl (C=O) groups is 2. The van der Waals surface area contributed by atoms with E-state index in [0.29, 0.717) is 37.3 Å². The van der Waals surface area contributed by atoms with Crippen LogP contribution in [0.3, 0.4) is 0 Å². The van der Waals surface area contributed by atoms with Gasteiger partial charge in [0.1, 0.15) is 5.54 Å². The lowest BCUT2D eigenvalue weighted by Gasteiger charge is -2.33. The highest BCUT2D eigenvalue weighted by Crippen LogP contribution is 2.51. The van der Waals surface area contributed by atoms with Crippen molar-refractivity contribution in [2.75, 3.05) is 13.1 Å². The number of hydrogen-bond donors (Lipinski definition) is 2. The molecule has 0 aromatic rings. The average Bonchev–Trinajstić information content (AvgIpc) is 2.78. The monoisotopic (exact) mass is 268 g/mol. The quantitative estimate of drug-likeness (QED) is 0.820. The molecule has 5 nitrogen and oxygen atoms in total. The summed E-state index contributed by atoms with van der Waals surface area (Å²) in [5.41, 5.74) is -0.671. The van der Waals surface area contributed by atoms with Gasteiger partial charge in [0.2, 0.25) is 0 Å². The van der Waals surface area contributed by atoms with Crippen LogP contribution in [0.2, 0.25) is 0 Å². The Morgan fingerprint density at radius 3 is 2.53 bits per heavy atom. The van der Waals surface area contributed by atoms with E-state index in [-0.39, 0.29) is 6.03 Å². The minimum Gasteiger partial charge on any atom is -0.479 e. The Morgan fingerprint density at radius 1 is 1.42 bits per heavy atom. The number of carboxylic acids is 1. The summed E-state index contributed by atoms with van der Waals surface area (Å²) in [6.07, 6.45) is 2.92. The van der Waals surface area contributed by atoms with Crippen molar-refractivity contribution in [1.82, 2.24) is 10.2 Å². The summed E-state index contributed by atoms with van der Waals surface area (Å²) < 4.78 is 0. The van der Waals surface area contributed by atoms with E-state index < -0.39 is 11.5 Å². The van der Waals surface area contributed by atoms with Crippen LogP contribution in [0.25, 0.3) is 0 Å². The van der Waals surface area contributed by atoms with Crippen LogP contribution in [0.1, 0.15) is 46.5 Å². The third kappa shape index (κ3) is 2.42. The third-order valence-corrected chi connectivity index (χ3v) is 4.93. The Labute approximate surface area is 114 Å². The number of nitrogens with one attached hydrogen (secondary N) is 1. The number of nitrogens with zero attached hydrogens (tertiary/aromatic N) is 1. The zero-order valence-electron chi connectivity index (χ0n) is 12.0. The lowest BCUT2D eigenvalue weighted by atomic mass is 9.93. The Balaban J connectivity index is 1.96. The fourth-order valence-electron chi connectivity index (χ4n) is 3.15. The molecule has 19 heavy (non-hydrogen) atoms. The summed E-state index contributed by atoms with van der Waals surface area (Å²) in [5.74, 6) is -0.352. The maximum absolute atomic E-state index is 12.2. The number of carbonyl (C=O) groups excluding carboxylic acids is 1. The molecular formula is C14H24N2O3. The first-order valence-corrected chi connectivity index (χ1v) is 7.12. The van der Waals surface area contributed by atoms with E-state index in [9.17, 15) is 14.7 Å². The standard InChI is InChI=1S/C14H24N2O3/c1-4-14(11(17)18)6-5-7-16(14)12(19)15-9-10-8-13(10,2)3/h10H,4-9H2,1-3H3,(H,15,19)(H,17,18). The van der Waals surface area contributed by atoms with Gasteiger partial charge in [0, 0.05) is 13.1 Å². The lowest BCUT2D eigenvalue weighted by Crippen LogP contribution is -2.55. The highest BCUT2D eigenvalue weighted by atomic mass is 16.4. The number of amides is 2. The van der Waals surface area contributed by atoms with E-state index in [1.165, 1.54) is 4.90 Å². The fraction of sp³-hybridized carbons (Fsp3) is 0.857. The molecule has 0 aromatic heterocycles. The van der Waals surface area contributed by atoms with Crippen molar-refractivity contribution < 1.29 is 14.7 Å². The maximum atomic E-state index is 12.2. The molecule has 0 aromatic carbocycles. The first kappa shape index (κ1) is 14.2. The second kappa shape index (κ2) is 4.69. The van der Waals surface area contributed by atoms with Crippen molar-refractivity contribution >= 4 is 12.0 Å². The Morgan fingerprint density at radius 2 is 2.05 bits per heavy atom. The van der Waals surface area contributed by atoms with Gasteiger partial charge in [0.05, 0.1) is 0 Å². The van der Waals surface area contributed by atoms with Gasteiger partial charge in [-0.25, -0.2) is 9.59 Å². The third-order valence-electron chi connectivity index (χ3n) is 4.93. The molecular weight excluding hydrogens is 244 g/mol. The number of rotatable bonds is 4. The molecule has 2 rings (SSSR count). The second-order valence-corrected chi connectivity index (χ2v) is 6.52. The van der Waals surface area contributed by atoms with Crippen LogP contribution in [0.5, 0.6) is 0 Å². The molecule has 0 spiro atoms. The van der Waals surface area contributed by atoms with Crippen LogP contribution < -0.4 is 5.32 Å². The van der Waals surface area contributed by atoms with E-state index in [4.69, 9.17) is 0 Å². The average molecular weight is 268 g/mol. The molecule has 1 heterocycles. The molecule has 1 aliphatic carbocycles. The Hall–Kier alpha value is -1.26. The molecule has 2 fully saturated rings. The Bertz CT molecular complexity index is 394. The van der Waals surface area contributed by atoms with Crippen LogP contribution in [-0.2, 0) is 4.79 Å². The van der Waals surface area contributed by atoms with Crippen molar-refractivity contribution in [2.45, 2.75) is 52.0 Å². The lowest BCUT2D eigenvalue weighted by molar-refractivity contribution is -0.148. The van der Waals surface area contributed by atoms with E-state index in [0.717, 1.165) is 12.8 Å². The minimum absolute atomic E-state index is 0.218. The van der Waals surface area contributed by atoms with Gasteiger partial charge in [-0.1, -0.05) is 20.8 Å². The number of likely N-dealkylation sites (tertiary alicyclic amines) is 1. The van der Waals surface area contributed by atoms with Crippen LogP contribution >= 0.6 is 0 Å². The van der Waals surface area contributed by atoms with Gasteiger partial charge in [-0.15, -0.1) is 0 Å². The van der Waals surface area contributed by atoms with Crippen molar-refractivity contribution in [3.05, 3.63) is 0 Å². The molecule has 2 amide bonds. The van der Waals surface area contributed by atoms with Gasteiger partial charge in [0.25, 0.3) is 0 Å². The predicted molar refractivity (Wildman–Crippen MR) is 71.9 cm³/mol. The Kier molecular flexibility index (Phi) is 3.49. The molecule has 5 heteroatoms. The van der Waals surface area contributed by atoms with Gasteiger partial charge < -0.3 is 15.3 Å². The zero-order chi connectivity index (χ0) is 14.3. The van der Waals surface area contributed by atoms with Crippen molar-refractivity contribution in [1.29, 1.82) is 0 Å². The smallest absolute Gasteiger partial charge is 0.329 e. The van der Waals surface area contributed by atoms with Crippen molar-refractivity contribution in [3.63, 3.8) is 0 Å². The van der Waals surface area contributed by atoms with Crippen molar-refractivity contribution in [2.24, 2.45) is 11.3 Å². The molecule has 0 radical (unpaired) electrons. The largest absolute Gasteiger partial charge is 0.479 e. The first-order chi connectivity index (χ1) is 8.83. The fourth-order valence-corrected chi connectivity index (χ4v) is 3.15. The summed E-state index contributed by atoms with van der Waals surface area (Å²) in [7, 11) is 0. The van der Waals surface area contributed by atoms with E-state index in [1.807, 2.05) is 6.92 Å². The second-order valence-electron chi connectivity index (χ2n) is 6.52. The predicted octanol–water partition coefficient (Wildman–Crippen LogP) is 2.07. The molecule has 1 saturated heterocycles. The molecule has 0 bridgehead atoms. The minimum atomic E-state index is -0.997. The number of carboxylic acid groups (broad SMARTS) is 1. The summed E-state index contributed by atoms with van der Waals surface area (Å²) in [4.78, 5) is 25.2. The van der Waals surface area contributed by atoms with E-state index in [2.05, 4.69) is 19.2 Å². The van der Waals surface area contributed by atoms with Crippen LogP contribution in [-0.4, -0.2) is 40.6 Å². The zero-order valence-corrected chi connectivity index (χ0v) is 12.0. The number of hydrogen-bond acceptors (Lipinski definition) is 2. The van der Waals surface area contributed by atoms with Gasteiger partial charge in [-0.2, -0.15) is 0 Å². The molecule has 2 N–H and O–H groups in total. The molecule has 2 atom stereocenters. The van der Waals surface area contributed by atoms with Crippen molar-refractivity contribution in [3.8, 4) is 0 Å². The molecule has 1 saturated carbocycles. The normalized spacial score (nSPS) is 32.2. The van der Waals surface area contributed by atoms with Gasteiger partial charge in [-0.05, 0) is 37.0 Å².